The van der Waals surface area contributed by atoms with E-state index >= 15 is 0 Å². The lowest BCUT2D eigenvalue weighted by molar-refractivity contribution is -0.158. The van der Waals surface area contributed by atoms with Crippen molar-refractivity contribution in [3.63, 3.8) is 0 Å². The van der Waals surface area contributed by atoms with Crippen LogP contribution in [0.5, 0.6) is 11.5 Å². The van der Waals surface area contributed by atoms with Crippen molar-refractivity contribution in [2.75, 3.05) is 13.7 Å². The van der Waals surface area contributed by atoms with Crippen LogP contribution in [0.3, 0.4) is 0 Å². The molecule has 3 rings (SSSR count). The number of fused-ring (bicyclic) bond motifs is 1. The lowest BCUT2D eigenvalue weighted by Crippen LogP contribution is -2.39. The van der Waals surface area contributed by atoms with Gasteiger partial charge in [-0.3, -0.25) is 0 Å². The Hall–Kier alpha value is -2.95. The fraction of sp³-hybridized carbons (Fsp3) is 0.400. The molecule has 0 spiro atoms. The lowest BCUT2D eigenvalue weighted by atomic mass is 10.1. The highest BCUT2D eigenvalue weighted by Gasteiger charge is 2.31. The Morgan fingerprint density at radius 1 is 1.03 bits per heavy atom. The highest BCUT2D eigenvalue weighted by molar-refractivity contribution is 5.92. The summed E-state index contributed by atoms with van der Waals surface area (Å²) in [6.45, 7) is 10.8. The van der Waals surface area contributed by atoms with Gasteiger partial charge in [-0.15, -0.1) is 0 Å². The maximum atomic E-state index is 12.2. The summed E-state index contributed by atoms with van der Waals surface area (Å²) >= 11 is 0. The molecule has 0 aliphatic carbocycles. The first-order valence-electron chi connectivity index (χ1n) is 10.5. The Morgan fingerprint density at radius 2 is 1.70 bits per heavy atom. The van der Waals surface area contributed by atoms with E-state index in [-0.39, 0.29) is 5.97 Å². The molecule has 1 aromatic heterocycles. The first-order chi connectivity index (χ1) is 14.3. The lowest BCUT2D eigenvalue weighted by Gasteiger charge is -2.24. The summed E-state index contributed by atoms with van der Waals surface area (Å²) in [5.41, 5.74) is 3.62. The average molecular weight is 410 g/mol. The second-order valence-corrected chi connectivity index (χ2v) is 7.87. The Morgan fingerprint density at radius 3 is 2.30 bits per heavy atom. The fourth-order valence-corrected chi connectivity index (χ4v) is 3.78. The zero-order valence-electron chi connectivity index (χ0n) is 18.7. The molecule has 0 radical (unpaired) electrons. The minimum absolute atomic E-state index is 0.328. The van der Waals surface area contributed by atoms with E-state index in [1.807, 2.05) is 24.3 Å². The predicted octanol–water partition coefficient (Wildman–Crippen LogP) is 5.76. The van der Waals surface area contributed by atoms with Crippen molar-refractivity contribution in [1.82, 2.24) is 4.57 Å². The molecule has 0 aliphatic heterocycles. The van der Waals surface area contributed by atoms with Gasteiger partial charge in [0.2, 0.25) is 0 Å². The highest BCUT2D eigenvalue weighted by atomic mass is 16.6. The molecule has 30 heavy (non-hydrogen) atoms. The summed E-state index contributed by atoms with van der Waals surface area (Å²) in [6.07, 6.45) is 1.03. The van der Waals surface area contributed by atoms with E-state index in [2.05, 4.69) is 36.6 Å². The van der Waals surface area contributed by atoms with Gasteiger partial charge in [0.15, 0.2) is 5.60 Å². The number of benzene rings is 2. The molecule has 0 saturated carbocycles. The Balaban J connectivity index is 2.07. The van der Waals surface area contributed by atoms with E-state index in [9.17, 15) is 4.79 Å². The molecule has 0 N–H and O–H groups in total. The number of carbonyl (C=O) groups excluding carboxylic acids is 1. The van der Waals surface area contributed by atoms with Gasteiger partial charge in [-0.05, 0) is 87.7 Å². The summed E-state index contributed by atoms with van der Waals surface area (Å²) in [7, 11) is 1.67. The highest BCUT2D eigenvalue weighted by Crippen LogP contribution is 2.36. The summed E-state index contributed by atoms with van der Waals surface area (Å²) in [6, 6.07) is 14.2. The maximum Gasteiger partial charge on any atom is 0.349 e. The van der Waals surface area contributed by atoms with Crippen molar-refractivity contribution in [2.24, 2.45) is 0 Å². The van der Waals surface area contributed by atoms with E-state index < -0.39 is 5.60 Å². The average Bonchev–Trinajstić information content (AvgIpc) is 2.99. The molecule has 0 bridgehead atoms. The van der Waals surface area contributed by atoms with Crippen LogP contribution in [-0.4, -0.2) is 29.9 Å². The van der Waals surface area contributed by atoms with Crippen molar-refractivity contribution >= 4 is 16.9 Å². The molecular formula is C25H31NO4. The normalized spacial score (nSPS) is 11.5. The van der Waals surface area contributed by atoms with Crippen LogP contribution in [0.25, 0.3) is 22.2 Å². The third-order valence-electron chi connectivity index (χ3n) is 5.24. The molecule has 3 aromatic rings. The molecule has 160 valence electrons. The minimum atomic E-state index is -1.05. The summed E-state index contributed by atoms with van der Waals surface area (Å²) in [5.74, 6) is 1.12. The van der Waals surface area contributed by atoms with Crippen molar-refractivity contribution in [2.45, 2.75) is 53.2 Å². The summed E-state index contributed by atoms with van der Waals surface area (Å²) in [5, 5.41) is 1.12. The maximum absolute atomic E-state index is 12.2. The number of aryl methyl sites for hydroxylation is 2. The van der Waals surface area contributed by atoms with Crippen molar-refractivity contribution in [3.8, 4) is 22.8 Å². The molecule has 0 amide bonds. The molecule has 1 heterocycles. The number of nitrogens with zero attached hydrogens (tertiary/aromatic N) is 1. The van der Waals surface area contributed by atoms with E-state index in [1.54, 1.807) is 27.9 Å². The smallest absolute Gasteiger partial charge is 0.349 e. The second kappa shape index (κ2) is 8.82. The standard InChI is InChI=1S/C25H31NO4/c1-7-15-26-22-14-13-20(30-25(4,5)24(27)29-8-2)16-21(22)17(3)23(26)18-9-11-19(28-6)12-10-18/h9-14,16H,7-8,15H2,1-6H3. The van der Waals surface area contributed by atoms with Gasteiger partial charge in [0, 0.05) is 17.4 Å². The van der Waals surface area contributed by atoms with Gasteiger partial charge in [0.1, 0.15) is 11.5 Å². The van der Waals surface area contributed by atoms with Gasteiger partial charge in [-0.2, -0.15) is 0 Å². The number of hydrogen-bond donors (Lipinski definition) is 0. The van der Waals surface area contributed by atoms with Gasteiger partial charge in [-0.25, -0.2) is 4.79 Å². The summed E-state index contributed by atoms with van der Waals surface area (Å²) in [4.78, 5) is 12.2. The fourth-order valence-electron chi connectivity index (χ4n) is 3.78. The van der Waals surface area contributed by atoms with Crippen LogP contribution in [0, 0.1) is 6.92 Å². The van der Waals surface area contributed by atoms with Gasteiger partial charge < -0.3 is 18.8 Å². The molecule has 0 saturated heterocycles. The third kappa shape index (κ3) is 4.16. The first-order valence-corrected chi connectivity index (χ1v) is 10.5. The van der Waals surface area contributed by atoms with Crippen LogP contribution in [0.1, 0.15) is 39.7 Å². The third-order valence-corrected chi connectivity index (χ3v) is 5.24. The van der Waals surface area contributed by atoms with Crippen LogP contribution in [0.4, 0.5) is 0 Å². The van der Waals surface area contributed by atoms with Crippen LogP contribution in [-0.2, 0) is 16.1 Å². The second-order valence-electron chi connectivity index (χ2n) is 7.87. The predicted molar refractivity (Wildman–Crippen MR) is 120 cm³/mol. The van der Waals surface area contributed by atoms with E-state index in [1.165, 1.54) is 11.3 Å². The zero-order valence-corrected chi connectivity index (χ0v) is 18.7. The molecular weight excluding hydrogens is 378 g/mol. The number of ether oxygens (including phenoxy) is 3. The monoisotopic (exact) mass is 409 g/mol. The SMILES string of the molecule is CCCn1c(-c2ccc(OC)cc2)c(C)c2cc(OC(C)(C)C(=O)OCC)ccc21. The van der Waals surface area contributed by atoms with Gasteiger partial charge in [-0.1, -0.05) is 6.92 Å². The van der Waals surface area contributed by atoms with E-state index in [4.69, 9.17) is 14.2 Å². The van der Waals surface area contributed by atoms with Gasteiger partial charge in [0.05, 0.1) is 19.4 Å². The topological polar surface area (TPSA) is 49.7 Å². The van der Waals surface area contributed by atoms with Gasteiger partial charge in [0.25, 0.3) is 0 Å². The molecule has 5 heteroatoms. The molecule has 0 aliphatic rings. The van der Waals surface area contributed by atoms with E-state index in [0.29, 0.717) is 12.4 Å². The van der Waals surface area contributed by atoms with Crippen LogP contribution in [0.15, 0.2) is 42.5 Å². The Labute approximate surface area is 178 Å². The van der Waals surface area contributed by atoms with Crippen molar-refractivity contribution < 1.29 is 19.0 Å². The van der Waals surface area contributed by atoms with Crippen LogP contribution >= 0.6 is 0 Å². The number of aromatic nitrogens is 1. The molecule has 2 aromatic carbocycles. The Bertz CT molecular complexity index is 1030. The molecule has 0 fully saturated rings. The minimum Gasteiger partial charge on any atom is -0.497 e. The quantitative estimate of drug-likeness (QED) is 0.444. The Kier molecular flexibility index (Phi) is 6.40. The number of esters is 1. The summed E-state index contributed by atoms with van der Waals surface area (Å²) < 4.78 is 18.8. The van der Waals surface area contributed by atoms with Gasteiger partial charge >= 0.3 is 5.97 Å². The largest absolute Gasteiger partial charge is 0.497 e. The van der Waals surface area contributed by atoms with Crippen LogP contribution in [0.2, 0.25) is 0 Å². The van der Waals surface area contributed by atoms with E-state index in [0.717, 1.165) is 35.2 Å². The van der Waals surface area contributed by atoms with Crippen LogP contribution < -0.4 is 9.47 Å². The number of rotatable bonds is 8. The van der Waals surface area contributed by atoms with Crippen molar-refractivity contribution in [1.29, 1.82) is 0 Å². The number of carbonyl (C=O) groups is 1. The first kappa shape index (κ1) is 21.8. The number of hydrogen-bond acceptors (Lipinski definition) is 4. The molecule has 0 unspecified atom stereocenters. The zero-order chi connectivity index (χ0) is 21.9. The molecule has 5 nitrogen and oxygen atoms in total. The molecule has 0 atom stereocenters. The van der Waals surface area contributed by atoms with Crippen molar-refractivity contribution in [3.05, 3.63) is 48.0 Å². The number of methoxy groups -OCH3 is 1.